The van der Waals surface area contributed by atoms with E-state index in [-0.39, 0.29) is 5.92 Å². The normalized spacial score (nSPS) is 27.4. The van der Waals surface area contributed by atoms with Gasteiger partial charge in [-0.1, -0.05) is 39.0 Å². The average molecular weight is 349 g/mol. The van der Waals surface area contributed by atoms with Crippen molar-refractivity contribution in [2.45, 2.75) is 90.0 Å². The van der Waals surface area contributed by atoms with Crippen LogP contribution in [0.2, 0.25) is 0 Å². The fraction of sp³-hybridized carbons (Fsp3) is 0.905. The van der Waals surface area contributed by atoms with Crippen molar-refractivity contribution < 1.29 is 9.59 Å². The molecule has 0 aromatic heterocycles. The lowest BCUT2D eigenvalue weighted by molar-refractivity contribution is -0.136. The molecule has 142 valence electrons. The molecule has 2 aliphatic heterocycles. The van der Waals surface area contributed by atoms with Gasteiger partial charge in [0.25, 0.3) is 0 Å². The van der Waals surface area contributed by atoms with Crippen LogP contribution in [-0.2, 0) is 9.59 Å². The molecule has 0 aromatic rings. The summed E-state index contributed by atoms with van der Waals surface area (Å²) in [4.78, 5) is 29.3. The molecule has 3 rings (SSSR count). The van der Waals surface area contributed by atoms with Crippen molar-refractivity contribution >= 4 is 11.8 Å². The molecule has 0 radical (unpaired) electrons. The van der Waals surface area contributed by atoms with E-state index in [1.165, 1.54) is 32.1 Å². The minimum absolute atomic E-state index is 0.216. The van der Waals surface area contributed by atoms with Crippen molar-refractivity contribution in [2.24, 2.45) is 11.8 Å². The Labute approximate surface area is 153 Å². The summed E-state index contributed by atoms with van der Waals surface area (Å²) in [6, 6.07) is 0.367. The summed E-state index contributed by atoms with van der Waals surface area (Å²) in [6.45, 7) is 4.83. The van der Waals surface area contributed by atoms with E-state index >= 15 is 0 Å². The van der Waals surface area contributed by atoms with Gasteiger partial charge in [-0.3, -0.25) is 9.59 Å². The lowest BCUT2D eigenvalue weighted by Gasteiger charge is -2.30. The third-order valence-corrected chi connectivity index (χ3v) is 6.74. The highest BCUT2D eigenvalue weighted by Crippen LogP contribution is 2.31. The number of likely N-dealkylation sites (tertiary alicyclic amines) is 2. The van der Waals surface area contributed by atoms with Gasteiger partial charge in [0.2, 0.25) is 11.8 Å². The molecule has 3 aliphatic rings. The molecule has 0 spiro atoms. The molecule has 0 aromatic carbocycles. The summed E-state index contributed by atoms with van der Waals surface area (Å²) < 4.78 is 0. The predicted molar refractivity (Wildman–Crippen MR) is 100 cm³/mol. The number of amides is 2. The average Bonchev–Trinajstić information content (AvgIpc) is 2.92. The molecule has 4 heteroatoms. The maximum Gasteiger partial charge on any atom is 0.225 e. The molecule has 4 nitrogen and oxygen atoms in total. The van der Waals surface area contributed by atoms with Crippen LogP contribution in [-0.4, -0.2) is 47.3 Å². The second-order valence-electron chi connectivity index (χ2n) is 8.45. The van der Waals surface area contributed by atoms with Gasteiger partial charge in [-0.25, -0.2) is 0 Å². The lowest BCUT2D eigenvalue weighted by Crippen LogP contribution is -2.39. The quantitative estimate of drug-likeness (QED) is 0.754. The Morgan fingerprint density at radius 3 is 2.48 bits per heavy atom. The topological polar surface area (TPSA) is 40.6 Å². The van der Waals surface area contributed by atoms with Gasteiger partial charge >= 0.3 is 0 Å². The van der Waals surface area contributed by atoms with Crippen LogP contribution in [0.25, 0.3) is 0 Å². The van der Waals surface area contributed by atoms with E-state index in [1.807, 2.05) is 0 Å². The van der Waals surface area contributed by atoms with Gasteiger partial charge in [-0.05, 0) is 44.4 Å². The summed E-state index contributed by atoms with van der Waals surface area (Å²) >= 11 is 0. The van der Waals surface area contributed by atoms with Crippen LogP contribution in [0.3, 0.4) is 0 Å². The Kier molecular flexibility index (Phi) is 6.77. The van der Waals surface area contributed by atoms with Gasteiger partial charge in [-0.2, -0.15) is 0 Å². The third-order valence-electron chi connectivity index (χ3n) is 6.74. The third kappa shape index (κ3) is 4.77. The van der Waals surface area contributed by atoms with Crippen molar-refractivity contribution in [2.75, 3.05) is 19.6 Å². The number of nitrogens with zero attached hydrogens (tertiary/aromatic N) is 2. The van der Waals surface area contributed by atoms with E-state index in [0.29, 0.717) is 17.9 Å². The smallest absolute Gasteiger partial charge is 0.225 e. The zero-order valence-corrected chi connectivity index (χ0v) is 16.0. The molecule has 1 aliphatic carbocycles. The van der Waals surface area contributed by atoms with E-state index in [2.05, 4.69) is 16.7 Å². The van der Waals surface area contributed by atoms with E-state index in [9.17, 15) is 9.59 Å². The van der Waals surface area contributed by atoms with Crippen molar-refractivity contribution in [1.29, 1.82) is 0 Å². The van der Waals surface area contributed by atoms with Crippen molar-refractivity contribution in [3.05, 3.63) is 0 Å². The van der Waals surface area contributed by atoms with Gasteiger partial charge in [-0.15, -0.1) is 0 Å². The standard InChI is InChI=1S/C21H36N2O2/c1-2-18(16-17-8-4-3-5-9-17)21(25)22-13-6-10-19(12-15-22)23-14-7-11-20(23)24/h17-19H,2-16H2,1H3/t18-,19-/m0/s1. The largest absolute Gasteiger partial charge is 0.342 e. The Balaban J connectivity index is 1.53. The first kappa shape index (κ1) is 18.7. The molecular weight excluding hydrogens is 312 g/mol. The fourth-order valence-corrected chi connectivity index (χ4v) is 5.19. The Hall–Kier alpha value is -1.06. The molecule has 2 saturated heterocycles. The predicted octanol–water partition coefficient (Wildman–Crippen LogP) is 3.99. The van der Waals surface area contributed by atoms with E-state index < -0.39 is 0 Å². The molecule has 0 bridgehead atoms. The number of hydrogen-bond acceptors (Lipinski definition) is 2. The van der Waals surface area contributed by atoms with E-state index in [0.717, 1.165) is 70.5 Å². The van der Waals surface area contributed by atoms with Gasteiger partial charge in [0.05, 0.1) is 0 Å². The van der Waals surface area contributed by atoms with Crippen molar-refractivity contribution in [1.82, 2.24) is 9.80 Å². The van der Waals surface area contributed by atoms with Gasteiger partial charge in [0, 0.05) is 38.0 Å². The molecule has 2 amide bonds. The van der Waals surface area contributed by atoms with Crippen LogP contribution in [0.5, 0.6) is 0 Å². The van der Waals surface area contributed by atoms with Crippen LogP contribution < -0.4 is 0 Å². The summed E-state index contributed by atoms with van der Waals surface area (Å²) in [5.74, 6) is 1.70. The Morgan fingerprint density at radius 1 is 1.00 bits per heavy atom. The molecule has 0 N–H and O–H groups in total. The summed E-state index contributed by atoms with van der Waals surface area (Å²) in [6.07, 6.45) is 13.6. The van der Waals surface area contributed by atoms with E-state index in [1.54, 1.807) is 0 Å². The van der Waals surface area contributed by atoms with Crippen LogP contribution in [0.15, 0.2) is 0 Å². The van der Waals surface area contributed by atoms with E-state index in [4.69, 9.17) is 0 Å². The maximum absolute atomic E-state index is 13.1. The molecule has 25 heavy (non-hydrogen) atoms. The first-order valence-electron chi connectivity index (χ1n) is 10.8. The second-order valence-corrected chi connectivity index (χ2v) is 8.45. The van der Waals surface area contributed by atoms with Crippen LogP contribution in [0.4, 0.5) is 0 Å². The lowest BCUT2D eigenvalue weighted by atomic mass is 9.81. The molecule has 0 unspecified atom stereocenters. The van der Waals surface area contributed by atoms with Crippen LogP contribution in [0.1, 0.15) is 84.0 Å². The van der Waals surface area contributed by atoms with Crippen LogP contribution >= 0.6 is 0 Å². The molecule has 2 heterocycles. The number of hydrogen-bond donors (Lipinski definition) is 0. The summed E-state index contributed by atoms with van der Waals surface area (Å²) in [7, 11) is 0. The Bertz CT molecular complexity index is 459. The first-order chi connectivity index (χ1) is 12.2. The number of carbonyl (C=O) groups excluding carboxylic acids is 2. The first-order valence-corrected chi connectivity index (χ1v) is 10.8. The van der Waals surface area contributed by atoms with Gasteiger partial charge < -0.3 is 9.80 Å². The van der Waals surface area contributed by atoms with Gasteiger partial charge in [0.15, 0.2) is 0 Å². The highest BCUT2D eigenvalue weighted by molar-refractivity contribution is 5.79. The minimum Gasteiger partial charge on any atom is -0.342 e. The summed E-state index contributed by atoms with van der Waals surface area (Å²) in [5.41, 5.74) is 0. The minimum atomic E-state index is 0.216. The number of rotatable bonds is 5. The monoisotopic (exact) mass is 348 g/mol. The molecule has 2 atom stereocenters. The van der Waals surface area contributed by atoms with Gasteiger partial charge in [0.1, 0.15) is 0 Å². The Morgan fingerprint density at radius 2 is 1.80 bits per heavy atom. The summed E-state index contributed by atoms with van der Waals surface area (Å²) in [5, 5.41) is 0. The zero-order chi connectivity index (χ0) is 17.6. The molecule has 3 fully saturated rings. The van der Waals surface area contributed by atoms with Crippen LogP contribution in [0, 0.1) is 11.8 Å². The maximum atomic E-state index is 13.1. The molecule has 1 saturated carbocycles. The van der Waals surface area contributed by atoms with Crippen molar-refractivity contribution in [3.8, 4) is 0 Å². The second kappa shape index (κ2) is 9.05. The zero-order valence-electron chi connectivity index (χ0n) is 16.0. The highest BCUT2D eigenvalue weighted by atomic mass is 16.2. The molecular formula is C21H36N2O2. The SMILES string of the molecule is CC[C@@H](CC1CCCCC1)C(=O)N1CCC[C@H](N2CCCC2=O)CC1. The van der Waals surface area contributed by atoms with Crippen molar-refractivity contribution in [3.63, 3.8) is 0 Å². The fourth-order valence-electron chi connectivity index (χ4n) is 5.19. The number of carbonyl (C=O) groups is 2. The highest BCUT2D eigenvalue weighted by Gasteiger charge is 2.32.